The summed E-state index contributed by atoms with van der Waals surface area (Å²) in [7, 11) is 0. The Morgan fingerprint density at radius 1 is 1.13 bits per heavy atom. The van der Waals surface area contributed by atoms with E-state index in [9.17, 15) is 19.2 Å². The third kappa shape index (κ3) is 3.00. The highest BCUT2D eigenvalue weighted by Crippen LogP contribution is 2.55. The summed E-state index contributed by atoms with van der Waals surface area (Å²) in [6, 6.07) is 5.66. The molecule has 1 saturated carbocycles. The number of halogens is 1. The van der Waals surface area contributed by atoms with E-state index in [1.54, 1.807) is 21.9 Å². The maximum Gasteiger partial charge on any atom is 0.307 e. The highest BCUT2D eigenvalue weighted by atomic mass is 35.5. The number of nitrogens with zero attached hydrogens (tertiary/aromatic N) is 2. The molecule has 8 heteroatoms. The fourth-order valence-corrected chi connectivity index (χ4v) is 6.28. The molecule has 1 aliphatic carbocycles. The number of hydrogen-bond donors (Lipinski definition) is 0. The number of amides is 2. The van der Waals surface area contributed by atoms with Gasteiger partial charge in [0.25, 0.3) is 0 Å². The molecule has 1 aromatic rings. The molecular formula is C23H25ClN2O5. The monoisotopic (exact) mass is 444 g/mol. The molecule has 3 aliphatic heterocycles. The number of carbonyl (C=O) groups excluding carboxylic acids is 4. The van der Waals surface area contributed by atoms with Crippen LogP contribution in [0.3, 0.4) is 0 Å². The van der Waals surface area contributed by atoms with Crippen molar-refractivity contribution in [1.82, 2.24) is 9.80 Å². The van der Waals surface area contributed by atoms with Gasteiger partial charge in [-0.25, -0.2) is 0 Å². The maximum absolute atomic E-state index is 13.8. The van der Waals surface area contributed by atoms with Crippen LogP contribution in [0.5, 0.6) is 0 Å². The average molecular weight is 445 g/mol. The molecule has 1 aromatic carbocycles. The van der Waals surface area contributed by atoms with Crippen molar-refractivity contribution in [2.75, 3.05) is 0 Å². The van der Waals surface area contributed by atoms with Crippen LogP contribution in [-0.2, 0) is 30.5 Å². The lowest BCUT2D eigenvalue weighted by Gasteiger charge is -2.37. The molecule has 3 saturated heterocycles. The number of ketones is 1. The first-order valence-electron chi connectivity index (χ1n) is 10.9. The van der Waals surface area contributed by atoms with E-state index in [0.717, 1.165) is 31.2 Å². The number of Topliss-reactive ketones (excluding diaryl/α,β-unsaturated/α-hetero) is 1. The van der Waals surface area contributed by atoms with Crippen molar-refractivity contribution in [2.24, 2.45) is 5.92 Å². The van der Waals surface area contributed by atoms with Gasteiger partial charge in [-0.2, -0.15) is 0 Å². The maximum atomic E-state index is 13.8. The Hall–Kier alpha value is -2.41. The molecule has 0 aromatic heterocycles. The van der Waals surface area contributed by atoms with Crippen molar-refractivity contribution in [3.8, 4) is 0 Å². The van der Waals surface area contributed by atoms with E-state index >= 15 is 0 Å². The number of hydrogen-bond acceptors (Lipinski definition) is 5. The molecule has 4 unspecified atom stereocenters. The van der Waals surface area contributed by atoms with E-state index in [4.69, 9.17) is 16.3 Å². The number of benzene rings is 1. The van der Waals surface area contributed by atoms with Crippen LogP contribution in [0.2, 0.25) is 5.02 Å². The van der Waals surface area contributed by atoms with Crippen molar-refractivity contribution >= 4 is 35.2 Å². The summed E-state index contributed by atoms with van der Waals surface area (Å²) in [5.41, 5.74) is -0.444. The summed E-state index contributed by atoms with van der Waals surface area (Å²) in [6.45, 7) is 1.71. The smallest absolute Gasteiger partial charge is 0.307 e. The Labute approximate surface area is 185 Å². The van der Waals surface area contributed by atoms with Crippen LogP contribution in [-0.4, -0.2) is 57.1 Å². The van der Waals surface area contributed by atoms with Gasteiger partial charge in [-0.1, -0.05) is 36.6 Å². The van der Waals surface area contributed by atoms with Crippen LogP contribution >= 0.6 is 11.6 Å². The molecule has 1 spiro atoms. The summed E-state index contributed by atoms with van der Waals surface area (Å²) in [6.07, 6.45) is 3.82. The first-order chi connectivity index (χ1) is 14.8. The fourth-order valence-electron chi connectivity index (χ4n) is 6.16. The van der Waals surface area contributed by atoms with Crippen LogP contribution in [0.1, 0.15) is 51.0 Å². The van der Waals surface area contributed by atoms with Gasteiger partial charge in [0.15, 0.2) is 11.6 Å². The molecular weight excluding hydrogens is 420 g/mol. The molecule has 3 heterocycles. The zero-order chi connectivity index (χ0) is 21.9. The fraction of sp³-hybridized carbons (Fsp3) is 0.565. The number of likely N-dealkylation sites (tertiary alicyclic amines) is 2. The van der Waals surface area contributed by atoms with Crippen LogP contribution in [0.15, 0.2) is 24.3 Å². The minimum Gasteiger partial charge on any atom is -0.453 e. The zero-order valence-corrected chi connectivity index (χ0v) is 18.1. The Kier molecular flexibility index (Phi) is 4.84. The molecule has 4 fully saturated rings. The average Bonchev–Trinajstić information content (AvgIpc) is 3.44. The van der Waals surface area contributed by atoms with Crippen LogP contribution in [0.25, 0.3) is 0 Å². The summed E-state index contributed by atoms with van der Waals surface area (Å²) < 4.78 is 5.89. The van der Waals surface area contributed by atoms with Gasteiger partial charge in [-0.3, -0.25) is 19.2 Å². The normalized spacial score (nSPS) is 32.6. The van der Waals surface area contributed by atoms with E-state index in [1.165, 1.54) is 6.92 Å². The predicted molar refractivity (Wildman–Crippen MR) is 111 cm³/mol. The van der Waals surface area contributed by atoms with Gasteiger partial charge in [-0.15, -0.1) is 0 Å². The van der Waals surface area contributed by atoms with Crippen molar-refractivity contribution in [2.45, 2.75) is 75.7 Å². The first kappa shape index (κ1) is 20.5. The Balaban J connectivity index is 1.58. The van der Waals surface area contributed by atoms with Crippen LogP contribution in [0, 0.1) is 5.92 Å². The zero-order valence-electron chi connectivity index (χ0n) is 17.4. The van der Waals surface area contributed by atoms with Gasteiger partial charge in [0.1, 0.15) is 5.78 Å². The largest absolute Gasteiger partial charge is 0.453 e. The molecule has 31 heavy (non-hydrogen) atoms. The third-order valence-corrected chi connectivity index (χ3v) is 7.59. The van der Waals surface area contributed by atoms with E-state index in [1.807, 2.05) is 12.1 Å². The van der Waals surface area contributed by atoms with E-state index in [2.05, 4.69) is 0 Å². The number of rotatable bonds is 5. The van der Waals surface area contributed by atoms with E-state index in [0.29, 0.717) is 5.02 Å². The summed E-state index contributed by atoms with van der Waals surface area (Å²) in [5, 5.41) is 0.588. The van der Waals surface area contributed by atoms with Crippen LogP contribution in [0.4, 0.5) is 0 Å². The lowest BCUT2D eigenvalue weighted by molar-refractivity contribution is -0.154. The molecule has 164 valence electrons. The first-order valence-corrected chi connectivity index (χ1v) is 11.3. The molecule has 4 atom stereocenters. The Morgan fingerprint density at radius 2 is 1.81 bits per heavy atom. The Bertz CT molecular complexity index is 957. The van der Waals surface area contributed by atoms with Gasteiger partial charge in [0, 0.05) is 24.0 Å². The molecule has 5 rings (SSSR count). The summed E-state index contributed by atoms with van der Waals surface area (Å²) in [5.74, 6) is -1.74. The third-order valence-electron chi connectivity index (χ3n) is 7.34. The minimum atomic E-state index is -1.29. The lowest BCUT2D eigenvalue weighted by Crippen LogP contribution is -2.53. The highest BCUT2D eigenvalue weighted by Gasteiger charge is 2.77. The standard InChI is InChI=1S/C23H25ClN2O5/c1-13(27)10-18-23-17(11-19(28)31-23)21(29)25(12-14-6-8-15(24)9-7-14)20(23)22(30)26(18)16-4-2-3-5-16/h6-9,16-18,20H,2-5,10-12H2,1H3. The van der Waals surface area contributed by atoms with Gasteiger partial charge in [0.2, 0.25) is 11.8 Å². The van der Waals surface area contributed by atoms with Gasteiger partial charge in [0.05, 0.1) is 18.4 Å². The van der Waals surface area contributed by atoms with Crippen LogP contribution < -0.4 is 0 Å². The summed E-state index contributed by atoms with van der Waals surface area (Å²) >= 11 is 5.99. The highest BCUT2D eigenvalue weighted by molar-refractivity contribution is 6.30. The SMILES string of the molecule is CC(=O)CC1N(C2CCCC2)C(=O)C2N(Cc3ccc(Cl)cc3)C(=O)C3CC(=O)OC321. The second-order valence-electron chi connectivity index (χ2n) is 9.19. The summed E-state index contributed by atoms with van der Waals surface area (Å²) in [4.78, 5) is 55.2. The molecule has 0 N–H and O–H groups in total. The number of esters is 1. The molecule has 4 aliphatic rings. The van der Waals surface area contributed by atoms with Gasteiger partial charge in [-0.05, 0) is 37.5 Å². The van der Waals surface area contributed by atoms with E-state index in [-0.39, 0.29) is 43.0 Å². The predicted octanol–water partition coefficient (Wildman–Crippen LogP) is 2.49. The van der Waals surface area contributed by atoms with Gasteiger partial charge < -0.3 is 14.5 Å². The van der Waals surface area contributed by atoms with Crippen molar-refractivity contribution in [1.29, 1.82) is 0 Å². The number of ether oxygens (including phenoxy) is 1. The molecule has 7 nitrogen and oxygen atoms in total. The molecule has 2 amide bonds. The van der Waals surface area contributed by atoms with Gasteiger partial charge >= 0.3 is 5.97 Å². The molecule has 0 radical (unpaired) electrons. The second-order valence-corrected chi connectivity index (χ2v) is 9.62. The van der Waals surface area contributed by atoms with E-state index < -0.39 is 29.6 Å². The number of carbonyl (C=O) groups is 4. The van der Waals surface area contributed by atoms with Crippen molar-refractivity contribution in [3.05, 3.63) is 34.9 Å². The minimum absolute atomic E-state index is 0.0178. The second kappa shape index (κ2) is 7.33. The quantitative estimate of drug-likeness (QED) is 0.651. The molecule has 0 bridgehead atoms. The topological polar surface area (TPSA) is 84.0 Å². The lowest BCUT2D eigenvalue weighted by atomic mass is 9.79. The Morgan fingerprint density at radius 3 is 2.45 bits per heavy atom. The van der Waals surface area contributed by atoms with Crippen molar-refractivity contribution < 1.29 is 23.9 Å². The van der Waals surface area contributed by atoms with Crippen molar-refractivity contribution in [3.63, 3.8) is 0 Å².